The van der Waals surface area contributed by atoms with Crippen molar-refractivity contribution in [1.82, 2.24) is 20.1 Å². The number of benzene rings is 1. The van der Waals surface area contributed by atoms with Gasteiger partial charge in [0.25, 0.3) is 11.5 Å². The van der Waals surface area contributed by atoms with E-state index in [0.29, 0.717) is 21.1 Å². The Morgan fingerprint density at radius 1 is 1.21 bits per heavy atom. The van der Waals surface area contributed by atoms with Crippen LogP contribution in [-0.4, -0.2) is 20.7 Å². The van der Waals surface area contributed by atoms with Crippen molar-refractivity contribution >= 4 is 17.2 Å². The maximum atomic E-state index is 13.1. The molecule has 1 atom stereocenters. The van der Waals surface area contributed by atoms with Gasteiger partial charge in [-0.1, -0.05) is 24.3 Å². The van der Waals surface area contributed by atoms with Crippen molar-refractivity contribution in [3.05, 3.63) is 67.6 Å². The van der Waals surface area contributed by atoms with E-state index in [1.54, 1.807) is 7.05 Å². The van der Waals surface area contributed by atoms with Crippen LogP contribution in [0.15, 0.2) is 29.1 Å². The Kier molecular flexibility index (Phi) is 5.08. The Morgan fingerprint density at radius 2 is 1.97 bits per heavy atom. The van der Waals surface area contributed by atoms with E-state index in [2.05, 4.69) is 27.5 Å². The second kappa shape index (κ2) is 7.55. The molecule has 0 aliphatic heterocycles. The van der Waals surface area contributed by atoms with Crippen molar-refractivity contribution in [1.29, 1.82) is 0 Å². The Hall–Kier alpha value is -2.80. The molecule has 6 nitrogen and oxygen atoms in total. The average Bonchev–Trinajstić information content (AvgIpc) is 3.08. The quantitative estimate of drug-likeness (QED) is 0.718. The summed E-state index contributed by atoms with van der Waals surface area (Å²) in [6.45, 7) is 5.55. The molecule has 1 unspecified atom stereocenters. The molecule has 0 spiro atoms. The number of thiazole rings is 1. The lowest BCUT2D eigenvalue weighted by atomic mass is 9.88. The zero-order chi connectivity index (χ0) is 20.7. The summed E-state index contributed by atoms with van der Waals surface area (Å²) >= 11 is 1.27. The molecule has 4 rings (SSSR count). The number of hydrogen-bond acceptors (Lipinski definition) is 5. The predicted molar refractivity (Wildman–Crippen MR) is 114 cm³/mol. The Morgan fingerprint density at radius 3 is 2.76 bits per heavy atom. The number of nitrogens with one attached hydrogen (secondary N) is 1. The average molecular weight is 409 g/mol. The van der Waals surface area contributed by atoms with E-state index in [-0.39, 0.29) is 17.5 Å². The van der Waals surface area contributed by atoms with Gasteiger partial charge in [0.1, 0.15) is 9.88 Å². The van der Waals surface area contributed by atoms with Crippen LogP contribution in [0.1, 0.15) is 56.6 Å². The van der Waals surface area contributed by atoms with Gasteiger partial charge in [0.15, 0.2) is 0 Å². The highest BCUT2D eigenvalue weighted by Crippen LogP contribution is 2.32. The minimum atomic E-state index is -0.199. The van der Waals surface area contributed by atoms with E-state index in [0.717, 1.165) is 30.5 Å². The fraction of sp³-hybridized carbons (Fsp3) is 0.364. The molecular weight excluding hydrogens is 384 g/mol. The van der Waals surface area contributed by atoms with Crippen LogP contribution in [0.25, 0.3) is 10.6 Å². The van der Waals surface area contributed by atoms with Crippen LogP contribution in [0, 0.1) is 20.8 Å². The fourth-order valence-corrected chi connectivity index (χ4v) is 5.01. The molecular formula is C22H24N4O2S. The van der Waals surface area contributed by atoms with Crippen molar-refractivity contribution in [2.24, 2.45) is 7.05 Å². The first-order valence-electron chi connectivity index (χ1n) is 9.77. The zero-order valence-electron chi connectivity index (χ0n) is 17.1. The number of carbonyl (C=O) groups is 1. The molecule has 2 aromatic heterocycles. The van der Waals surface area contributed by atoms with Gasteiger partial charge in [0.2, 0.25) is 0 Å². The van der Waals surface area contributed by atoms with E-state index < -0.39 is 0 Å². The van der Waals surface area contributed by atoms with E-state index in [1.165, 1.54) is 27.1 Å². The first kappa shape index (κ1) is 19.5. The summed E-state index contributed by atoms with van der Waals surface area (Å²) in [4.78, 5) is 30.8. The lowest BCUT2D eigenvalue weighted by molar-refractivity contribution is 0.0936. The van der Waals surface area contributed by atoms with Gasteiger partial charge in [-0.25, -0.2) is 9.67 Å². The number of fused-ring (bicyclic) bond motifs is 1. The normalized spacial score (nSPS) is 15.8. The molecule has 1 aromatic carbocycles. The van der Waals surface area contributed by atoms with Crippen molar-refractivity contribution in [2.45, 2.75) is 46.1 Å². The van der Waals surface area contributed by atoms with Gasteiger partial charge in [-0.15, -0.1) is 11.3 Å². The molecule has 1 aliphatic rings. The zero-order valence-corrected chi connectivity index (χ0v) is 17.9. The monoisotopic (exact) mass is 408 g/mol. The standard InChI is InChI=1S/C22H24N4O2S/c1-12-13(2)25-26(4)22(28)18(12)21-23-14(3)19(29-21)20(27)24-17-11-7-9-15-8-5-6-10-16(15)17/h5-6,8,10,17H,7,9,11H2,1-4H3,(H,24,27). The summed E-state index contributed by atoms with van der Waals surface area (Å²) < 4.78 is 1.33. The van der Waals surface area contributed by atoms with Crippen LogP contribution in [0.2, 0.25) is 0 Å². The van der Waals surface area contributed by atoms with Crippen LogP contribution in [0.5, 0.6) is 0 Å². The molecule has 2 heterocycles. The lowest BCUT2D eigenvalue weighted by Gasteiger charge is -2.26. The third-order valence-electron chi connectivity index (χ3n) is 5.62. The van der Waals surface area contributed by atoms with Crippen LogP contribution in [0.4, 0.5) is 0 Å². The van der Waals surface area contributed by atoms with E-state index in [4.69, 9.17) is 0 Å². The number of aryl methyl sites for hydroxylation is 4. The molecule has 1 aliphatic carbocycles. The maximum Gasteiger partial charge on any atom is 0.277 e. The fourth-order valence-electron chi connectivity index (χ4n) is 3.94. The second-order valence-electron chi connectivity index (χ2n) is 7.56. The molecule has 7 heteroatoms. The second-order valence-corrected chi connectivity index (χ2v) is 8.56. The van der Waals surface area contributed by atoms with Gasteiger partial charge in [0.05, 0.1) is 23.0 Å². The van der Waals surface area contributed by atoms with Crippen LogP contribution >= 0.6 is 11.3 Å². The van der Waals surface area contributed by atoms with Crippen LogP contribution in [-0.2, 0) is 13.5 Å². The Labute approximate surface area is 173 Å². The van der Waals surface area contributed by atoms with E-state index in [1.807, 2.05) is 32.9 Å². The minimum absolute atomic E-state index is 0.00942. The summed E-state index contributed by atoms with van der Waals surface area (Å²) in [5.74, 6) is -0.131. The number of carbonyl (C=O) groups excluding carboxylic acids is 1. The molecule has 0 saturated heterocycles. The minimum Gasteiger partial charge on any atom is -0.344 e. The van der Waals surface area contributed by atoms with Gasteiger partial charge >= 0.3 is 0 Å². The molecule has 0 saturated carbocycles. The molecule has 0 radical (unpaired) electrons. The first-order valence-corrected chi connectivity index (χ1v) is 10.6. The molecule has 0 bridgehead atoms. The number of hydrogen-bond donors (Lipinski definition) is 1. The summed E-state index contributed by atoms with van der Waals surface area (Å²) in [5, 5.41) is 7.98. The summed E-state index contributed by atoms with van der Waals surface area (Å²) in [6, 6.07) is 8.30. The Bertz CT molecular complexity index is 1160. The highest BCUT2D eigenvalue weighted by Gasteiger charge is 2.25. The smallest absolute Gasteiger partial charge is 0.277 e. The van der Waals surface area contributed by atoms with Gasteiger partial charge < -0.3 is 5.32 Å². The summed E-state index contributed by atoms with van der Waals surface area (Å²) in [6.07, 6.45) is 3.04. The summed E-state index contributed by atoms with van der Waals surface area (Å²) in [5.41, 5.74) is 5.04. The molecule has 1 N–H and O–H groups in total. The largest absolute Gasteiger partial charge is 0.344 e. The highest BCUT2D eigenvalue weighted by atomic mass is 32.1. The molecule has 1 amide bonds. The third kappa shape index (κ3) is 3.51. The molecule has 150 valence electrons. The van der Waals surface area contributed by atoms with Gasteiger partial charge in [-0.05, 0) is 56.7 Å². The third-order valence-corrected chi connectivity index (χ3v) is 6.79. The van der Waals surface area contributed by atoms with Gasteiger partial charge in [0, 0.05) is 7.05 Å². The maximum absolute atomic E-state index is 13.1. The van der Waals surface area contributed by atoms with Crippen molar-refractivity contribution < 1.29 is 4.79 Å². The topological polar surface area (TPSA) is 76.9 Å². The Balaban J connectivity index is 1.67. The first-order chi connectivity index (χ1) is 13.9. The predicted octanol–water partition coefficient (Wildman–Crippen LogP) is 3.64. The van der Waals surface area contributed by atoms with E-state index >= 15 is 0 Å². The molecule has 0 fully saturated rings. The number of rotatable bonds is 3. The summed E-state index contributed by atoms with van der Waals surface area (Å²) in [7, 11) is 1.63. The van der Waals surface area contributed by atoms with E-state index in [9.17, 15) is 9.59 Å². The highest BCUT2D eigenvalue weighted by molar-refractivity contribution is 7.17. The number of aromatic nitrogens is 3. The van der Waals surface area contributed by atoms with Gasteiger partial charge in [-0.3, -0.25) is 9.59 Å². The van der Waals surface area contributed by atoms with Crippen molar-refractivity contribution in [3.8, 4) is 10.6 Å². The molecule has 3 aromatic rings. The number of amides is 1. The van der Waals surface area contributed by atoms with Crippen molar-refractivity contribution in [2.75, 3.05) is 0 Å². The van der Waals surface area contributed by atoms with Crippen LogP contribution < -0.4 is 10.9 Å². The van der Waals surface area contributed by atoms with Gasteiger partial charge in [-0.2, -0.15) is 5.10 Å². The van der Waals surface area contributed by atoms with Crippen LogP contribution in [0.3, 0.4) is 0 Å². The SMILES string of the molecule is Cc1nc(-c2c(C)c(C)nn(C)c2=O)sc1C(=O)NC1CCCc2ccccc21. The van der Waals surface area contributed by atoms with Crippen molar-refractivity contribution in [3.63, 3.8) is 0 Å². The number of nitrogens with zero attached hydrogens (tertiary/aromatic N) is 3. The molecule has 29 heavy (non-hydrogen) atoms. The lowest BCUT2D eigenvalue weighted by Crippen LogP contribution is -2.30.